The number of carbonyl (C=O) groups is 1. The Labute approximate surface area is 219 Å². The van der Waals surface area contributed by atoms with Crippen molar-refractivity contribution < 1.29 is 9.90 Å². The highest BCUT2D eigenvalue weighted by molar-refractivity contribution is 5.86. The fourth-order valence-electron chi connectivity index (χ4n) is 4.98. The molecule has 0 bridgehead atoms. The van der Waals surface area contributed by atoms with Gasteiger partial charge in [-0.15, -0.1) is 0 Å². The molecule has 0 saturated carbocycles. The maximum absolute atomic E-state index is 8.00. The van der Waals surface area contributed by atoms with Crippen LogP contribution in [0.25, 0.3) is 10.8 Å². The highest BCUT2D eigenvalue weighted by Gasteiger charge is 2.25. The number of aliphatic hydroxyl groups is 1. The third-order valence-corrected chi connectivity index (χ3v) is 6.87. The molecule has 1 unspecified atom stereocenters. The van der Waals surface area contributed by atoms with Gasteiger partial charge in [0.05, 0.1) is 0 Å². The summed E-state index contributed by atoms with van der Waals surface area (Å²) >= 11 is 0. The van der Waals surface area contributed by atoms with Crippen LogP contribution in [0.4, 0.5) is 0 Å². The molecule has 2 nitrogen and oxygen atoms in total. The molecule has 0 amide bonds. The van der Waals surface area contributed by atoms with E-state index in [0.29, 0.717) is 11.8 Å². The Morgan fingerprint density at radius 3 is 2.17 bits per heavy atom. The molecule has 3 aromatic rings. The summed E-state index contributed by atoms with van der Waals surface area (Å²) < 4.78 is 0. The molecule has 1 aliphatic carbocycles. The largest absolute Gasteiger partial charge is 0.400 e. The van der Waals surface area contributed by atoms with Gasteiger partial charge in [-0.3, -0.25) is 0 Å². The van der Waals surface area contributed by atoms with Crippen molar-refractivity contribution in [2.45, 2.75) is 67.2 Å². The van der Waals surface area contributed by atoms with E-state index in [1.165, 1.54) is 45.9 Å². The SMILES string of the molecule is C=O.CC.CCC1C(Cc2ccc(C)cc2)=CC=C1[C@@H](C)CCc1ccc2c(C)cccc2c1.CO. The molecule has 36 heavy (non-hydrogen) atoms. The van der Waals surface area contributed by atoms with Crippen LogP contribution in [0.1, 0.15) is 62.8 Å². The predicted octanol–water partition coefficient (Wildman–Crippen LogP) is 8.61. The first-order valence-electron chi connectivity index (χ1n) is 13.2. The van der Waals surface area contributed by atoms with Crippen LogP contribution in [0.5, 0.6) is 0 Å². The molecule has 194 valence electrons. The van der Waals surface area contributed by atoms with E-state index in [4.69, 9.17) is 9.90 Å². The smallest absolute Gasteiger partial charge is 0.106 e. The van der Waals surface area contributed by atoms with Crippen LogP contribution in [0.2, 0.25) is 0 Å². The van der Waals surface area contributed by atoms with Gasteiger partial charge in [0.2, 0.25) is 0 Å². The fraction of sp³-hybridized carbons (Fsp3) is 0.382. The summed E-state index contributed by atoms with van der Waals surface area (Å²) in [6.07, 6.45) is 9.46. The molecule has 1 N–H and O–H groups in total. The highest BCUT2D eigenvalue weighted by Crippen LogP contribution is 2.38. The fourth-order valence-corrected chi connectivity index (χ4v) is 4.98. The van der Waals surface area contributed by atoms with E-state index in [1.54, 1.807) is 11.1 Å². The van der Waals surface area contributed by atoms with Crippen LogP contribution >= 0.6 is 0 Å². The number of carbonyl (C=O) groups excluding carboxylic acids is 1. The maximum Gasteiger partial charge on any atom is 0.106 e. The van der Waals surface area contributed by atoms with Crippen molar-refractivity contribution in [2.75, 3.05) is 7.11 Å². The van der Waals surface area contributed by atoms with Gasteiger partial charge < -0.3 is 9.90 Å². The summed E-state index contributed by atoms with van der Waals surface area (Å²) in [6, 6.07) is 22.6. The zero-order valence-electron chi connectivity index (χ0n) is 23.5. The number of aliphatic hydroxyl groups excluding tert-OH is 1. The topological polar surface area (TPSA) is 37.3 Å². The molecular formula is C34H46O2. The normalized spacial score (nSPS) is 14.7. The van der Waals surface area contributed by atoms with Crippen molar-refractivity contribution in [1.82, 2.24) is 0 Å². The average Bonchev–Trinajstić information content (AvgIpc) is 3.34. The average molecular weight is 487 g/mol. The number of benzene rings is 3. The van der Waals surface area contributed by atoms with Gasteiger partial charge in [0.1, 0.15) is 6.79 Å². The van der Waals surface area contributed by atoms with Crippen LogP contribution in [0.3, 0.4) is 0 Å². The summed E-state index contributed by atoms with van der Waals surface area (Å²) in [5.41, 5.74) is 8.81. The lowest BCUT2D eigenvalue weighted by Crippen LogP contribution is -2.12. The van der Waals surface area contributed by atoms with Crippen LogP contribution in [-0.2, 0) is 17.6 Å². The first-order chi connectivity index (χ1) is 17.5. The van der Waals surface area contributed by atoms with E-state index in [9.17, 15) is 0 Å². The Balaban J connectivity index is 0.00000101. The Morgan fingerprint density at radius 2 is 1.53 bits per heavy atom. The van der Waals surface area contributed by atoms with Crippen LogP contribution in [0.15, 0.2) is 84.0 Å². The molecule has 0 heterocycles. The van der Waals surface area contributed by atoms with Crippen LogP contribution in [0, 0.1) is 25.7 Å². The number of hydrogen-bond donors (Lipinski definition) is 1. The van der Waals surface area contributed by atoms with E-state index in [1.807, 2.05) is 20.6 Å². The second kappa shape index (κ2) is 16.7. The third-order valence-electron chi connectivity index (χ3n) is 6.87. The Bertz CT molecular complexity index is 1110. The van der Waals surface area contributed by atoms with E-state index in [0.717, 1.165) is 20.0 Å². The first kappa shape index (κ1) is 31.1. The zero-order chi connectivity index (χ0) is 27.1. The lowest BCUT2D eigenvalue weighted by Gasteiger charge is -2.23. The molecule has 0 aliphatic heterocycles. The first-order valence-corrected chi connectivity index (χ1v) is 13.2. The predicted molar refractivity (Wildman–Crippen MR) is 158 cm³/mol. The van der Waals surface area contributed by atoms with Gasteiger partial charge in [-0.05, 0) is 72.9 Å². The standard InChI is InChI=1S/C30H34.C2H6.CH4O.CH2O/c1-5-28-27(20-24-12-9-21(2)10-13-24)16-18-30(28)23(4)11-14-25-15-17-29-22(3)7-6-8-26(29)19-25;3*1-2/h6-10,12-13,15-19,23,28H,5,11,14,20H2,1-4H3;1-2H3;2H,1H3;1H2/t23-,28?;;;/m0.../s1. The second-order valence-corrected chi connectivity index (χ2v) is 9.10. The van der Waals surface area contributed by atoms with Crippen LogP contribution in [-0.4, -0.2) is 19.0 Å². The minimum Gasteiger partial charge on any atom is -0.400 e. The summed E-state index contributed by atoms with van der Waals surface area (Å²) in [5, 5.41) is 9.75. The van der Waals surface area contributed by atoms with E-state index in [2.05, 4.69) is 101 Å². The highest BCUT2D eigenvalue weighted by atomic mass is 16.2. The molecule has 2 atom stereocenters. The molecule has 0 spiro atoms. The maximum atomic E-state index is 8.00. The van der Waals surface area contributed by atoms with E-state index in [-0.39, 0.29) is 0 Å². The minimum atomic E-state index is 0.612. The molecule has 4 rings (SSSR count). The summed E-state index contributed by atoms with van der Waals surface area (Å²) in [5.74, 6) is 1.23. The van der Waals surface area contributed by atoms with Crippen molar-refractivity contribution in [3.05, 3.63) is 106 Å². The monoisotopic (exact) mass is 486 g/mol. The van der Waals surface area contributed by atoms with Gasteiger partial charge in [0.15, 0.2) is 0 Å². The van der Waals surface area contributed by atoms with Gasteiger partial charge in [0, 0.05) is 13.0 Å². The Morgan fingerprint density at radius 1 is 0.889 bits per heavy atom. The number of allylic oxidation sites excluding steroid dienone is 4. The number of aryl methyl sites for hydroxylation is 3. The second-order valence-electron chi connectivity index (χ2n) is 9.10. The molecule has 0 radical (unpaired) electrons. The molecule has 2 heteroatoms. The summed E-state index contributed by atoms with van der Waals surface area (Å²) in [4.78, 5) is 8.00. The Kier molecular flexibility index (Phi) is 14.4. The van der Waals surface area contributed by atoms with Gasteiger partial charge in [-0.2, -0.15) is 0 Å². The Hall–Kier alpha value is -2.97. The lowest BCUT2D eigenvalue weighted by atomic mass is 9.81. The van der Waals surface area contributed by atoms with Crippen molar-refractivity contribution >= 4 is 17.6 Å². The molecule has 3 aromatic carbocycles. The van der Waals surface area contributed by atoms with Crippen molar-refractivity contribution in [1.29, 1.82) is 0 Å². The van der Waals surface area contributed by atoms with Crippen LogP contribution < -0.4 is 0 Å². The zero-order valence-corrected chi connectivity index (χ0v) is 23.5. The molecule has 1 aliphatic rings. The molecule has 0 aromatic heterocycles. The van der Waals surface area contributed by atoms with Crippen molar-refractivity contribution in [3.8, 4) is 0 Å². The summed E-state index contributed by atoms with van der Waals surface area (Å²) in [6.45, 7) is 15.1. The third kappa shape index (κ3) is 8.31. The number of rotatable bonds is 7. The number of fused-ring (bicyclic) bond motifs is 1. The molecule has 0 fully saturated rings. The molecular weight excluding hydrogens is 440 g/mol. The molecule has 0 saturated heterocycles. The van der Waals surface area contributed by atoms with Gasteiger partial charge in [0.25, 0.3) is 0 Å². The minimum absolute atomic E-state index is 0.612. The lowest BCUT2D eigenvalue weighted by molar-refractivity contribution is -0.0979. The van der Waals surface area contributed by atoms with Gasteiger partial charge in [-0.1, -0.05) is 117 Å². The van der Waals surface area contributed by atoms with Gasteiger partial charge >= 0.3 is 0 Å². The van der Waals surface area contributed by atoms with Crippen molar-refractivity contribution in [3.63, 3.8) is 0 Å². The van der Waals surface area contributed by atoms with E-state index >= 15 is 0 Å². The van der Waals surface area contributed by atoms with E-state index < -0.39 is 0 Å². The summed E-state index contributed by atoms with van der Waals surface area (Å²) in [7, 11) is 1.00. The quantitative estimate of drug-likeness (QED) is 0.363. The van der Waals surface area contributed by atoms with Crippen molar-refractivity contribution in [2.24, 2.45) is 11.8 Å². The number of hydrogen-bond acceptors (Lipinski definition) is 2. The van der Waals surface area contributed by atoms with Gasteiger partial charge in [-0.25, -0.2) is 0 Å².